The number of amides is 2. The third kappa shape index (κ3) is 4.59. The van der Waals surface area contributed by atoms with Crippen LogP contribution in [0.1, 0.15) is 51.9 Å². The fourth-order valence-corrected chi connectivity index (χ4v) is 7.59. The molecule has 2 aromatic rings. The van der Waals surface area contributed by atoms with Gasteiger partial charge >= 0.3 is 5.91 Å². The summed E-state index contributed by atoms with van der Waals surface area (Å²) in [4.78, 5) is 33.1. The number of carbonyl (C=O) groups excluding carboxylic acids is 2. The van der Waals surface area contributed by atoms with Crippen molar-refractivity contribution in [2.75, 3.05) is 16.8 Å². The molecule has 2 bridgehead atoms. The first-order valence-corrected chi connectivity index (χ1v) is 13.6. The Morgan fingerprint density at radius 1 is 1.30 bits per heavy atom. The van der Waals surface area contributed by atoms with Gasteiger partial charge in [0.2, 0.25) is 5.91 Å². The van der Waals surface area contributed by atoms with Crippen molar-refractivity contribution in [2.24, 2.45) is 28.6 Å². The van der Waals surface area contributed by atoms with Gasteiger partial charge in [0.15, 0.2) is 0 Å². The number of rotatable bonds is 8. The van der Waals surface area contributed by atoms with Gasteiger partial charge in [-0.05, 0) is 110 Å². The topological polar surface area (TPSA) is 71.5 Å². The first-order valence-electron chi connectivity index (χ1n) is 13.2. The molecule has 5 atom stereocenters. The van der Waals surface area contributed by atoms with Crippen molar-refractivity contribution in [1.82, 2.24) is 4.98 Å². The molecule has 4 fully saturated rings. The van der Waals surface area contributed by atoms with Crippen LogP contribution in [0.3, 0.4) is 0 Å². The second kappa shape index (κ2) is 9.06. The Morgan fingerprint density at radius 3 is 2.81 bits per heavy atom. The standard InChI is InChI=1S/C30H32ClN3O3/c1-3-26(35)34(23-8-9-25(24(31)12-23)37-17-19-6-7-19)27(28(36)33-22-5-4-10-32-16-22)29(2)13-20-11-21-15-30(21,14-20)18-29/h1,4-5,8-10,12,16,19-21,27H,6-7,11,13-15,17-18H2,2H3,(H,33,36). The summed E-state index contributed by atoms with van der Waals surface area (Å²) in [6.45, 7) is 2.78. The quantitative estimate of drug-likeness (QED) is 0.455. The molecule has 1 aromatic carbocycles. The molecule has 4 aliphatic rings. The van der Waals surface area contributed by atoms with E-state index in [9.17, 15) is 9.59 Å². The molecule has 6 rings (SSSR count). The molecule has 37 heavy (non-hydrogen) atoms. The molecule has 2 amide bonds. The molecule has 7 heteroatoms. The van der Waals surface area contributed by atoms with Crippen LogP contribution >= 0.6 is 11.6 Å². The first-order chi connectivity index (χ1) is 17.8. The van der Waals surface area contributed by atoms with Crippen LogP contribution in [0.4, 0.5) is 11.4 Å². The SMILES string of the molecule is C#CC(=O)N(c1ccc(OCC2CC2)c(Cl)c1)C(C(=O)Nc1cccnc1)C1(C)CC2CC3CC3(C2)C1. The summed E-state index contributed by atoms with van der Waals surface area (Å²) in [5.74, 6) is 3.93. The average molecular weight is 518 g/mol. The Bertz CT molecular complexity index is 1270. The van der Waals surface area contributed by atoms with Crippen LogP contribution in [0.5, 0.6) is 5.75 Å². The van der Waals surface area contributed by atoms with E-state index in [1.54, 1.807) is 42.7 Å². The number of benzene rings is 1. The maximum atomic E-state index is 14.1. The lowest BCUT2D eigenvalue weighted by atomic mass is 9.63. The van der Waals surface area contributed by atoms with Crippen molar-refractivity contribution < 1.29 is 14.3 Å². The fourth-order valence-electron chi connectivity index (χ4n) is 7.36. The van der Waals surface area contributed by atoms with Crippen LogP contribution in [0.2, 0.25) is 5.02 Å². The summed E-state index contributed by atoms with van der Waals surface area (Å²) in [5, 5.41) is 3.41. The molecule has 4 aliphatic carbocycles. The summed E-state index contributed by atoms with van der Waals surface area (Å²) < 4.78 is 5.90. The molecule has 4 saturated carbocycles. The number of nitrogens with zero attached hydrogens (tertiary/aromatic N) is 2. The molecular weight excluding hydrogens is 486 g/mol. The Morgan fingerprint density at radius 2 is 2.14 bits per heavy atom. The molecule has 6 nitrogen and oxygen atoms in total. The molecule has 0 radical (unpaired) electrons. The summed E-state index contributed by atoms with van der Waals surface area (Å²) in [7, 11) is 0. The molecule has 1 heterocycles. The number of terminal acetylenes is 1. The highest BCUT2D eigenvalue weighted by Gasteiger charge is 2.67. The van der Waals surface area contributed by atoms with Crippen molar-refractivity contribution >= 4 is 34.8 Å². The van der Waals surface area contributed by atoms with E-state index in [1.165, 1.54) is 37.0 Å². The largest absolute Gasteiger partial charge is 0.492 e. The zero-order valence-electron chi connectivity index (χ0n) is 21.1. The smallest absolute Gasteiger partial charge is 0.303 e. The van der Waals surface area contributed by atoms with Crippen molar-refractivity contribution in [3.8, 4) is 18.1 Å². The van der Waals surface area contributed by atoms with Gasteiger partial charge in [-0.2, -0.15) is 0 Å². The lowest BCUT2D eigenvalue weighted by molar-refractivity contribution is -0.125. The molecule has 5 unspecified atom stereocenters. The van der Waals surface area contributed by atoms with Gasteiger partial charge in [-0.3, -0.25) is 19.5 Å². The number of aromatic nitrogens is 1. The third-order valence-corrected chi connectivity index (χ3v) is 9.28. The lowest BCUT2D eigenvalue weighted by Gasteiger charge is -2.48. The Balaban J connectivity index is 1.38. The Kier molecular flexibility index (Phi) is 5.95. The van der Waals surface area contributed by atoms with Gasteiger partial charge in [0.05, 0.1) is 23.5 Å². The predicted molar refractivity (Wildman–Crippen MR) is 143 cm³/mol. The number of carbonyl (C=O) groups is 2. The maximum absolute atomic E-state index is 14.1. The van der Waals surface area contributed by atoms with Gasteiger partial charge in [-0.15, -0.1) is 6.42 Å². The van der Waals surface area contributed by atoms with E-state index in [4.69, 9.17) is 22.8 Å². The van der Waals surface area contributed by atoms with Gasteiger partial charge in [0.1, 0.15) is 11.8 Å². The van der Waals surface area contributed by atoms with E-state index in [2.05, 4.69) is 23.1 Å². The molecule has 192 valence electrons. The van der Waals surface area contributed by atoms with Crippen molar-refractivity contribution in [2.45, 2.75) is 57.9 Å². The monoisotopic (exact) mass is 517 g/mol. The number of hydrogen-bond acceptors (Lipinski definition) is 4. The van der Waals surface area contributed by atoms with Crippen LogP contribution < -0.4 is 15.0 Å². The molecular formula is C30H32ClN3O3. The van der Waals surface area contributed by atoms with Crippen molar-refractivity contribution in [3.63, 3.8) is 0 Å². The predicted octanol–water partition coefficient (Wildman–Crippen LogP) is 5.71. The van der Waals surface area contributed by atoms with Gasteiger partial charge in [0, 0.05) is 11.9 Å². The summed E-state index contributed by atoms with van der Waals surface area (Å²) in [5.41, 5.74) is 0.938. The van der Waals surface area contributed by atoms with Crippen LogP contribution in [0, 0.1) is 40.9 Å². The summed E-state index contributed by atoms with van der Waals surface area (Å²) in [6, 6.07) is 8.01. The van der Waals surface area contributed by atoms with Crippen LogP contribution in [-0.2, 0) is 9.59 Å². The first kappa shape index (κ1) is 24.3. The van der Waals surface area contributed by atoms with Gasteiger partial charge in [-0.25, -0.2) is 0 Å². The Hall–Kier alpha value is -3.04. The van der Waals surface area contributed by atoms with Gasteiger partial charge in [-0.1, -0.05) is 18.5 Å². The number of ether oxygens (including phenoxy) is 1. The minimum Gasteiger partial charge on any atom is -0.492 e. The number of nitrogens with one attached hydrogen (secondary N) is 1. The Labute approximate surface area is 223 Å². The molecule has 1 aromatic heterocycles. The second-order valence-corrected chi connectivity index (χ2v) is 12.3. The molecule has 1 N–H and O–H groups in total. The fraction of sp³-hybridized carbons (Fsp3) is 0.500. The minimum atomic E-state index is -0.801. The van der Waals surface area contributed by atoms with E-state index in [0.717, 1.165) is 18.8 Å². The molecule has 0 aliphatic heterocycles. The number of anilines is 2. The highest BCUT2D eigenvalue weighted by Crippen LogP contribution is 2.74. The highest BCUT2D eigenvalue weighted by molar-refractivity contribution is 6.32. The van der Waals surface area contributed by atoms with Crippen LogP contribution in [0.25, 0.3) is 0 Å². The summed E-state index contributed by atoms with van der Waals surface area (Å²) >= 11 is 6.62. The lowest BCUT2D eigenvalue weighted by Crippen LogP contribution is -2.57. The van der Waals surface area contributed by atoms with Crippen LogP contribution in [-0.4, -0.2) is 29.4 Å². The highest BCUT2D eigenvalue weighted by atomic mass is 35.5. The van der Waals surface area contributed by atoms with E-state index in [-0.39, 0.29) is 5.91 Å². The average Bonchev–Trinajstić information content (AvgIpc) is 3.78. The zero-order valence-corrected chi connectivity index (χ0v) is 21.8. The van der Waals surface area contributed by atoms with E-state index >= 15 is 0 Å². The van der Waals surface area contributed by atoms with Gasteiger partial charge in [0.25, 0.3) is 0 Å². The number of pyridine rings is 1. The number of hydrogen-bond donors (Lipinski definition) is 1. The maximum Gasteiger partial charge on any atom is 0.303 e. The minimum absolute atomic E-state index is 0.265. The second-order valence-electron chi connectivity index (χ2n) is 11.9. The molecule has 0 saturated heterocycles. The van der Waals surface area contributed by atoms with E-state index < -0.39 is 17.4 Å². The third-order valence-electron chi connectivity index (χ3n) is 8.99. The van der Waals surface area contributed by atoms with E-state index in [0.29, 0.717) is 46.0 Å². The molecule has 1 spiro atoms. The van der Waals surface area contributed by atoms with Crippen molar-refractivity contribution in [1.29, 1.82) is 0 Å². The summed E-state index contributed by atoms with van der Waals surface area (Å²) in [6.07, 6.45) is 16.7. The normalized spacial score (nSPS) is 30.0. The number of halogens is 1. The zero-order chi connectivity index (χ0) is 25.8. The number of fused-ring (bicyclic) bond motifs is 1. The van der Waals surface area contributed by atoms with E-state index in [1.807, 2.05) is 0 Å². The van der Waals surface area contributed by atoms with Crippen LogP contribution in [0.15, 0.2) is 42.7 Å². The van der Waals surface area contributed by atoms with Gasteiger partial charge < -0.3 is 10.1 Å². The van der Waals surface area contributed by atoms with Crippen molar-refractivity contribution in [3.05, 3.63) is 47.7 Å².